The van der Waals surface area contributed by atoms with Gasteiger partial charge in [-0.2, -0.15) is 0 Å². The van der Waals surface area contributed by atoms with Crippen molar-refractivity contribution in [1.29, 1.82) is 0 Å². The summed E-state index contributed by atoms with van der Waals surface area (Å²) in [6.45, 7) is 0.548. The molecule has 0 N–H and O–H groups in total. The van der Waals surface area contributed by atoms with Gasteiger partial charge in [0, 0.05) is 41.9 Å². The molecular weight excluding hydrogens is 314 g/mol. The van der Waals surface area contributed by atoms with Crippen molar-refractivity contribution in [3.05, 3.63) is 69.8 Å². The molecule has 0 bridgehead atoms. The van der Waals surface area contributed by atoms with E-state index >= 15 is 0 Å². The van der Waals surface area contributed by atoms with Gasteiger partial charge in [0.2, 0.25) is 0 Å². The van der Waals surface area contributed by atoms with Gasteiger partial charge in [0.25, 0.3) is 5.69 Å². The second-order valence-corrected chi connectivity index (χ2v) is 5.74. The van der Waals surface area contributed by atoms with Crippen LogP contribution in [0.25, 0.3) is 0 Å². The number of alkyl halides is 1. The molecule has 0 saturated carbocycles. The van der Waals surface area contributed by atoms with Crippen LogP contribution < -0.4 is 4.90 Å². The number of benzene rings is 2. The smallest absolute Gasteiger partial charge is 0.270 e. The molecule has 1 atom stereocenters. The summed E-state index contributed by atoms with van der Waals surface area (Å²) in [6, 6.07) is 14.7. The molecule has 0 aliphatic carbocycles. The minimum Gasteiger partial charge on any atom is -0.368 e. The van der Waals surface area contributed by atoms with Gasteiger partial charge in [-0.05, 0) is 6.07 Å². The van der Waals surface area contributed by atoms with Crippen LogP contribution >= 0.6 is 11.6 Å². The Hall–Kier alpha value is -2.40. The number of non-ortho nitro benzene ring substituents is 1. The van der Waals surface area contributed by atoms with Crippen LogP contribution in [-0.2, 0) is 0 Å². The zero-order chi connectivity index (χ0) is 16.4. The van der Waals surface area contributed by atoms with E-state index in [0.29, 0.717) is 12.4 Å². The molecule has 2 aromatic rings. The van der Waals surface area contributed by atoms with Crippen LogP contribution in [-0.4, -0.2) is 36.1 Å². The lowest BCUT2D eigenvalue weighted by molar-refractivity contribution is -0.384. The highest BCUT2D eigenvalue weighted by atomic mass is 35.5. The van der Waals surface area contributed by atoms with Crippen LogP contribution in [0.5, 0.6) is 0 Å². The van der Waals surface area contributed by atoms with Crippen LogP contribution in [0.4, 0.5) is 11.4 Å². The summed E-state index contributed by atoms with van der Waals surface area (Å²) in [4.78, 5) is 17.5. The number of fused-ring (bicyclic) bond motifs is 1. The van der Waals surface area contributed by atoms with Crippen LogP contribution in [0, 0.1) is 10.1 Å². The lowest BCUT2D eigenvalue weighted by atomic mass is 9.99. The number of benzodiazepines with no additional fused rings is 1. The number of nitro groups is 1. The van der Waals surface area contributed by atoms with Gasteiger partial charge in [-0.25, -0.2) is 0 Å². The Balaban J connectivity index is 2.21. The number of hydrogen-bond donors (Lipinski definition) is 0. The molecule has 23 heavy (non-hydrogen) atoms. The third kappa shape index (κ3) is 2.92. The number of hydrogen-bond acceptors (Lipinski definition) is 4. The number of aliphatic imine (C=N–C) groups is 1. The highest BCUT2D eigenvalue weighted by Crippen LogP contribution is 2.31. The van der Waals surface area contributed by atoms with Gasteiger partial charge in [0.05, 0.1) is 23.2 Å². The van der Waals surface area contributed by atoms with Gasteiger partial charge in [-0.15, -0.1) is 11.6 Å². The predicted octanol–water partition coefficient (Wildman–Crippen LogP) is 3.49. The molecule has 1 unspecified atom stereocenters. The molecular formula is C17H16ClN3O2. The lowest BCUT2D eigenvalue weighted by Gasteiger charge is -2.26. The first kappa shape index (κ1) is 15.5. The predicted molar refractivity (Wildman–Crippen MR) is 93.0 cm³/mol. The molecule has 1 aliphatic heterocycles. The SMILES string of the molecule is CN1c2ccc([N+](=O)[O-])cc2C(c2ccccc2)=NCC1CCl. The summed E-state index contributed by atoms with van der Waals surface area (Å²) < 4.78 is 0. The Morgan fingerprint density at radius 3 is 2.70 bits per heavy atom. The van der Waals surface area contributed by atoms with Crippen LogP contribution in [0.3, 0.4) is 0 Å². The summed E-state index contributed by atoms with van der Waals surface area (Å²) in [5.41, 5.74) is 3.44. The molecule has 0 spiro atoms. The Labute approximate surface area is 139 Å². The van der Waals surface area contributed by atoms with Crippen molar-refractivity contribution in [1.82, 2.24) is 0 Å². The first-order valence-corrected chi connectivity index (χ1v) is 7.82. The molecule has 0 amide bonds. The Morgan fingerprint density at radius 2 is 2.04 bits per heavy atom. The van der Waals surface area contributed by atoms with Gasteiger partial charge in [0.15, 0.2) is 0 Å². The second kappa shape index (κ2) is 6.38. The number of nitrogens with zero attached hydrogens (tertiary/aromatic N) is 3. The minimum atomic E-state index is -0.382. The third-order valence-electron chi connectivity index (χ3n) is 4.06. The molecule has 6 heteroatoms. The normalized spacial score (nSPS) is 17.2. The summed E-state index contributed by atoms with van der Waals surface area (Å²) in [5.74, 6) is 0.443. The Morgan fingerprint density at radius 1 is 1.30 bits per heavy atom. The fourth-order valence-electron chi connectivity index (χ4n) is 2.73. The van der Waals surface area contributed by atoms with E-state index in [1.165, 1.54) is 6.07 Å². The Kier molecular flexibility index (Phi) is 4.30. The van der Waals surface area contributed by atoms with Gasteiger partial charge in [0.1, 0.15) is 0 Å². The van der Waals surface area contributed by atoms with E-state index < -0.39 is 0 Å². The van der Waals surface area contributed by atoms with Gasteiger partial charge < -0.3 is 4.90 Å². The fraction of sp³-hybridized carbons (Fsp3) is 0.235. The van der Waals surface area contributed by atoms with E-state index in [0.717, 1.165) is 22.5 Å². The molecule has 3 rings (SSSR count). The largest absolute Gasteiger partial charge is 0.368 e. The number of anilines is 1. The molecule has 5 nitrogen and oxygen atoms in total. The van der Waals surface area contributed by atoms with Crippen molar-refractivity contribution in [2.24, 2.45) is 4.99 Å². The molecule has 0 saturated heterocycles. The summed E-state index contributed by atoms with van der Waals surface area (Å²) in [6.07, 6.45) is 0. The second-order valence-electron chi connectivity index (χ2n) is 5.43. The monoisotopic (exact) mass is 329 g/mol. The lowest BCUT2D eigenvalue weighted by Crippen LogP contribution is -2.35. The van der Waals surface area contributed by atoms with Gasteiger partial charge in [-0.1, -0.05) is 30.3 Å². The van der Waals surface area contributed by atoms with Gasteiger partial charge in [-0.3, -0.25) is 15.1 Å². The fourth-order valence-corrected chi connectivity index (χ4v) is 3.04. The molecule has 118 valence electrons. The molecule has 0 radical (unpaired) electrons. The average molecular weight is 330 g/mol. The van der Waals surface area contributed by atoms with Crippen molar-refractivity contribution in [3.63, 3.8) is 0 Å². The van der Waals surface area contributed by atoms with Crippen LogP contribution in [0.2, 0.25) is 0 Å². The highest BCUT2D eigenvalue weighted by Gasteiger charge is 2.25. The molecule has 1 heterocycles. The highest BCUT2D eigenvalue weighted by molar-refractivity contribution is 6.19. The van der Waals surface area contributed by atoms with Crippen molar-refractivity contribution in [3.8, 4) is 0 Å². The number of rotatable bonds is 3. The van der Waals surface area contributed by atoms with Crippen molar-refractivity contribution in [2.75, 3.05) is 24.4 Å². The van der Waals surface area contributed by atoms with E-state index in [1.807, 2.05) is 42.3 Å². The molecule has 0 fully saturated rings. The number of nitro benzene ring substituents is 1. The minimum absolute atomic E-state index is 0.0538. The maximum atomic E-state index is 11.1. The third-order valence-corrected chi connectivity index (χ3v) is 4.42. The van der Waals surface area contributed by atoms with E-state index in [-0.39, 0.29) is 16.7 Å². The van der Waals surface area contributed by atoms with E-state index in [2.05, 4.69) is 0 Å². The summed E-state index contributed by atoms with van der Waals surface area (Å²) in [5, 5.41) is 11.1. The maximum Gasteiger partial charge on any atom is 0.270 e. The van der Waals surface area contributed by atoms with Crippen LogP contribution in [0.1, 0.15) is 11.1 Å². The standard InChI is InChI=1S/C17H16ClN3O2/c1-20-14(10-18)11-19-17(12-5-3-2-4-6-12)15-9-13(21(22)23)7-8-16(15)20/h2-9,14H,10-11H2,1H3. The van der Waals surface area contributed by atoms with E-state index in [4.69, 9.17) is 16.6 Å². The van der Waals surface area contributed by atoms with Crippen molar-refractivity contribution >= 4 is 28.7 Å². The molecule has 2 aromatic carbocycles. The molecule has 1 aliphatic rings. The number of likely N-dealkylation sites (N-methyl/N-ethyl adjacent to an activating group) is 1. The van der Waals surface area contributed by atoms with Crippen molar-refractivity contribution < 1.29 is 4.92 Å². The summed E-state index contributed by atoms with van der Waals surface area (Å²) in [7, 11) is 1.95. The first-order valence-electron chi connectivity index (χ1n) is 7.29. The molecule has 0 aromatic heterocycles. The topological polar surface area (TPSA) is 58.7 Å². The van der Waals surface area contributed by atoms with Crippen molar-refractivity contribution in [2.45, 2.75) is 6.04 Å². The van der Waals surface area contributed by atoms with Gasteiger partial charge >= 0.3 is 0 Å². The van der Waals surface area contributed by atoms with E-state index in [1.54, 1.807) is 12.1 Å². The van der Waals surface area contributed by atoms with Crippen LogP contribution in [0.15, 0.2) is 53.5 Å². The Bertz CT molecular complexity index is 762. The quantitative estimate of drug-likeness (QED) is 0.492. The van der Waals surface area contributed by atoms with E-state index in [9.17, 15) is 10.1 Å². The first-order chi connectivity index (χ1) is 11.1. The zero-order valence-electron chi connectivity index (χ0n) is 12.6. The zero-order valence-corrected chi connectivity index (χ0v) is 13.4. The maximum absolute atomic E-state index is 11.1. The summed E-state index contributed by atoms with van der Waals surface area (Å²) >= 11 is 6.07. The average Bonchev–Trinajstić information content (AvgIpc) is 2.72. The number of halogens is 1.